The fourth-order valence-corrected chi connectivity index (χ4v) is 6.85. The number of nitrogens with zero attached hydrogens (tertiary/aromatic N) is 1. The lowest BCUT2D eigenvalue weighted by molar-refractivity contribution is -0.258. The first kappa shape index (κ1) is 35.3. The lowest BCUT2D eigenvalue weighted by Gasteiger charge is -2.43. The van der Waals surface area contributed by atoms with Crippen LogP contribution in [0.3, 0.4) is 0 Å². The summed E-state index contributed by atoms with van der Waals surface area (Å²) in [7, 11) is 0. The minimum absolute atomic E-state index is 0.135. The van der Waals surface area contributed by atoms with Gasteiger partial charge in [0.2, 0.25) is 0 Å². The van der Waals surface area contributed by atoms with Crippen molar-refractivity contribution >= 4 is 51.0 Å². The Morgan fingerprint density at radius 3 is 2.32 bits per heavy atom. The van der Waals surface area contributed by atoms with E-state index >= 15 is 0 Å². The van der Waals surface area contributed by atoms with E-state index in [0.29, 0.717) is 64.6 Å². The Bertz CT molecular complexity index is 778. The van der Waals surface area contributed by atoms with Crippen molar-refractivity contribution in [2.24, 2.45) is 17.8 Å². The summed E-state index contributed by atoms with van der Waals surface area (Å²) in [5, 5.41) is 9.50. The van der Waals surface area contributed by atoms with Crippen LogP contribution in [0.25, 0.3) is 0 Å². The molecule has 0 saturated carbocycles. The topological polar surface area (TPSA) is 104 Å². The van der Waals surface area contributed by atoms with Gasteiger partial charge < -0.3 is 23.7 Å². The van der Waals surface area contributed by atoms with Gasteiger partial charge in [-0.05, 0) is 37.4 Å². The summed E-state index contributed by atoms with van der Waals surface area (Å²) < 4.78 is 28.4. The second-order valence-electron chi connectivity index (χ2n) is 9.79. The zero-order valence-corrected chi connectivity index (χ0v) is 26.1. The van der Waals surface area contributed by atoms with Crippen molar-refractivity contribution in [3.8, 4) is 6.07 Å². The van der Waals surface area contributed by atoms with Crippen LogP contribution in [0.2, 0.25) is 0 Å². The molecule has 0 radical (unpaired) electrons. The van der Waals surface area contributed by atoms with E-state index in [-0.39, 0.29) is 42.6 Å². The smallest absolute Gasteiger partial charge is 0.302 e. The highest BCUT2D eigenvalue weighted by Crippen LogP contribution is 2.36. The molecule has 0 spiro atoms. The predicted molar refractivity (Wildman–Crippen MR) is 156 cm³/mol. The summed E-state index contributed by atoms with van der Waals surface area (Å²) >= 11 is 8.22. The van der Waals surface area contributed by atoms with Crippen LogP contribution in [0.5, 0.6) is 0 Å². The van der Waals surface area contributed by atoms with Gasteiger partial charge in [-0.15, -0.1) is 11.8 Å². The third-order valence-corrected chi connectivity index (χ3v) is 9.39. The van der Waals surface area contributed by atoms with Crippen molar-refractivity contribution in [1.29, 1.82) is 5.26 Å². The number of rotatable bonds is 18. The van der Waals surface area contributed by atoms with E-state index in [1.165, 1.54) is 18.7 Å². The number of Topliss-reactive ketones (excluding diaryl/α,β-unsaturated/α-hetero) is 1. The SMILES string of the molecule is CCSC(=S)SC(C)(C#N)CCC(=O)CCCOCCOCCO[C@@H]1OC(COC(C)=O)[C@H](C)[C@H](C)C1C. The van der Waals surface area contributed by atoms with Crippen molar-refractivity contribution in [2.45, 2.75) is 84.4 Å². The monoisotopic (exact) mass is 591 g/mol. The first-order valence-electron chi connectivity index (χ1n) is 13.4. The van der Waals surface area contributed by atoms with E-state index in [9.17, 15) is 14.9 Å². The largest absolute Gasteiger partial charge is 0.463 e. The van der Waals surface area contributed by atoms with Crippen LogP contribution in [-0.2, 0) is 33.3 Å². The summed E-state index contributed by atoms with van der Waals surface area (Å²) in [6.07, 6.45) is 1.38. The maximum absolute atomic E-state index is 12.2. The van der Waals surface area contributed by atoms with E-state index in [1.807, 2.05) is 13.8 Å². The molecule has 0 aromatic carbocycles. The van der Waals surface area contributed by atoms with E-state index in [2.05, 4.69) is 26.8 Å². The second-order valence-corrected chi connectivity index (χ2v) is 13.8. The van der Waals surface area contributed by atoms with Crippen LogP contribution < -0.4 is 0 Å². The highest BCUT2D eigenvalue weighted by atomic mass is 32.2. The molecule has 1 aliphatic rings. The van der Waals surface area contributed by atoms with Crippen molar-refractivity contribution in [3.05, 3.63) is 0 Å². The van der Waals surface area contributed by atoms with E-state index in [0.717, 1.165) is 9.28 Å². The lowest BCUT2D eigenvalue weighted by atomic mass is 9.79. The number of hydrogen-bond acceptors (Lipinski definition) is 11. The Kier molecular flexibility index (Phi) is 18.0. The molecular weight excluding hydrogens is 546 g/mol. The van der Waals surface area contributed by atoms with E-state index in [1.54, 1.807) is 11.8 Å². The molecule has 1 aliphatic heterocycles. The van der Waals surface area contributed by atoms with Crippen LogP contribution >= 0.6 is 35.7 Å². The van der Waals surface area contributed by atoms with Crippen LogP contribution in [0.15, 0.2) is 0 Å². The highest BCUT2D eigenvalue weighted by Gasteiger charge is 2.40. The molecule has 3 unspecified atom stereocenters. The first-order valence-corrected chi connectivity index (χ1v) is 15.6. The number of thioether (sulfide) groups is 2. The quantitative estimate of drug-likeness (QED) is 0.116. The number of carbonyl (C=O) groups excluding carboxylic acids is 2. The number of thiocarbonyl (C=S) groups is 1. The minimum atomic E-state index is -0.671. The van der Waals surface area contributed by atoms with Gasteiger partial charge in [0.15, 0.2) is 6.29 Å². The average Bonchev–Trinajstić information content (AvgIpc) is 2.87. The minimum Gasteiger partial charge on any atom is -0.463 e. The summed E-state index contributed by atoms with van der Waals surface area (Å²) in [5.41, 5.74) is 0. The molecule has 1 rings (SSSR count). The Labute approximate surface area is 242 Å². The van der Waals surface area contributed by atoms with Gasteiger partial charge in [-0.1, -0.05) is 51.7 Å². The summed E-state index contributed by atoms with van der Waals surface area (Å²) in [6.45, 7) is 14.1. The van der Waals surface area contributed by atoms with Crippen molar-refractivity contribution < 1.29 is 33.3 Å². The van der Waals surface area contributed by atoms with Crippen LogP contribution in [0.1, 0.15) is 67.2 Å². The molecular formula is C27H45NO7S3. The molecule has 0 N–H and O–H groups in total. The molecule has 38 heavy (non-hydrogen) atoms. The average molecular weight is 592 g/mol. The Morgan fingerprint density at radius 1 is 1.03 bits per heavy atom. The molecule has 0 amide bonds. The maximum Gasteiger partial charge on any atom is 0.302 e. The molecule has 1 heterocycles. The molecule has 11 heteroatoms. The standard InChI is InChI=1S/C27H45NO7S3/c1-7-37-26(36)38-27(6,18-28)11-10-23(30)9-8-12-31-13-14-32-15-16-33-25-21(4)19(2)20(3)24(35-25)17-34-22(5)29/h19-21,24-25H,7-17H2,1-6H3/t19-,20+,21?,24?,25+,27?/m0/s1. The molecule has 0 aliphatic carbocycles. The van der Waals surface area contributed by atoms with Gasteiger partial charge >= 0.3 is 5.97 Å². The van der Waals surface area contributed by atoms with Crippen molar-refractivity contribution in [2.75, 3.05) is 45.4 Å². The number of nitriles is 1. The molecule has 8 nitrogen and oxygen atoms in total. The zero-order valence-electron chi connectivity index (χ0n) is 23.7. The third kappa shape index (κ3) is 14.1. The molecule has 218 valence electrons. The number of esters is 1. The summed E-state index contributed by atoms with van der Waals surface area (Å²) in [5.74, 6) is 1.54. The van der Waals surface area contributed by atoms with Crippen LogP contribution in [-0.4, -0.2) is 77.8 Å². The zero-order chi connectivity index (χ0) is 28.6. The summed E-state index contributed by atoms with van der Waals surface area (Å²) in [6, 6.07) is 2.30. The van der Waals surface area contributed by atoms with E-state index in [4.69, 9.17) is 35.9 Å². The fraction of sp³-hybridized carbons (Fsp3) is 0.852. The van der Waals surface area contributed by atoms with Gasteiger partial charge in [-0.25, -0.2) is 0 Å². The highest BCUT2D eigenvalue weighted by molar-refractivity contribution is 8.47. The van der Waals surface area contributed by atoms with Crippen LogP contribution in [0.4, 0.5) is 0 Å². The molecule has 0 aromatic heterocycles. The van der Waals surface area contributed by atoms with Gasteiger partial charge in [-0.3, -0.25) is 9.59 Å². The van der Waals surface area contributed by atoms with Gasteiger partial charge in [0.05, 0.1) is 38.6 Å². The number of hydrogen-bond donors (Lipinski definition) is 0. The Balaban J connectivity index is 2.12. The van der Waals surface area contributed by atoms with E-state index < -0.39 is 4.75 Å². The number of ether oxygens (including phenoxy) is 5. The lowest BCUT2D eigenvalue weighted by Crippen LogP contribution is -2.48. The normalized spacial score (nSPS) is 24.8. The summed E-state index contributed by atoms with van der Waals surface area (Å²) in [4.78, 5) is 23.4. The maximum atomic E-state index is 12.2. The van der Waals surface area contributed by atoms with Crippen molar-refractivity contribution in [1.82, 2.24) is 0 Å². The Hall–Kier alpha value is -0.740. The predicted octanol–water partition coefficient (Wildman–Crippen LogP) is 5.42. The fourth-order valence-electron chi connectivity index (χ4n) is 3.95. The molecule has 6 atom stereocenters. The first-order chi connectivity index (χ1) is 18.0. The molecule has 0 aromatic rings. The van der Waals surface area contributed by atoms with Gasteiger partial charge in [0.25, 0.3) is 0 Å². The van der Waals surface area contributed by atoms with Gasteiger partial charge in [-0.2, -0.15) is 5.26 Å². The Morgan fingerprint density at radius 2 is 1.68 bits per heavy atom. The molecule has 0 bridgehead atoms. The third-order valence-electron chi connectivity index (χ3n) is 6.75. The van der Waals surface area contributed by atoms with Gasteiger partial charge in [0, 0.05) is 32.3 Å². The number of carbonyl (C=O) groups is 2. The molecule has 1 saturated heterocycles. The van der Waals surface area contributed by atoms with Crippen LogP contribution in [0, 0.1) is 29.1 Å². The molecule has 1 fully saturated rings. The van der Waals surface area contributed by atoms with Crippen molar-refractivity contribution in [3.63, 3.8) is 0 Å². The number of ketones is 1. The second kappa shape index (κ2) is 19.4. The van der Waals surface area contributed by atoms with Gasteiger partial charge in [0.1, 0.15) is 20.7 Å².